The number of ether oxygens (including phenoxy) is 2. The van der Waals surface area contributed by atoms with Crippen LogP contribution in [0, 0.1) is 0 Å². The van der Waals surface area contributed by atoms with Crippen molar-refractivity contribution in [2.75, 3.05) is 26.2 Å². The minimum atomic E-state index is -0.262. The Morgan fingerprint density at radius 1 is 1.03 bits per heavy atom. The Labute approximate surface area is 168 Å². The van der Waals surface area contributed by atoms with Gasteiger partial charge >= 0.3 is 0 Å². The first-order chi connectivity index (χ1) is 13.9. The fourth-order valence-electron chi connectivity index (χ4n) is 4.31. The summed E-state index contributed by atoms with van der Waals surface area (Å²) < 4.78 is 11.2. The fourth-order valence-corrected chi connectivity index (χ4v) is 4.31. The van der Waals surface area contributed by atoms with Gasteiger partial charge in [0.25, 0.3) is 0 Å². The smallest absolute Gasteiger partial charge is 0.166 e. The average molecular weight is 393 g/mol. The molecule has 0 radical (unpaired) electrons. The second-order valence-corrected chi connectivity index (χ2v) is 7.32. The molecule has 0 aliphatic carbocycles. The molecule has 2 N–H and O–H groups in total. The molecule has 3 aromatic carbocycles. The third-order valence-electron chi connectivity index (χ3n) is 5.59. The normalized spacial score (nSPS) is 15.0. The number of ketones is 1. The van der Waals surface area contributed by atoms with Gasteiger partial charge in [-0.15, -0.1) is 0 Å². The number of nitrogens with zero attached hydrogens (tertiary/aromatic N) is 1. The summed E-state index contributed by atoms with van der Waals surface area (Å²) in [5.74, 6) is 0.938. The predicted molar refractivity (Wildman–Crippen MR) is 112 cm³/mol. The van der Waals surface area contributed by atoms with E-state index in [9.17, 15) is 15.0 Å². The van der Waals surface area contributed by atoms with Gasteiger partial charge in [0.1, 0.15) is 5.78 Å². The summed E-state index contributed by atoms with van der Waals surface area (Å²) >= 11 is 0. The van der Waals surface area contributed by atoms with E-state index in [2.05, 4.69) is 0 Å². The third kappa shape index (κ3) is 2.83. The highest BCUT2D eigenvalue weighted by atomic mass is 16.5. The van der Waals surface area contributed by atoms with Gasteiger partial charge in [0.05, 0.1) is 25.9 Å². The molecule has 4 rings (SSSR count). The van der Waals surface area contributed by atoms with E-state index >= 15 is 0 Å². The first kappa shape index (κ1) is 18.9. The number of fused-ring (bicyclic) bond motifs is 5. The largest absolute Gasteiger partial charge is 0.504 e. The zero-order valence-corrected chi connectivity index (χ0v) is 16.8. The van der Waals surface area contributed by atoms with Crippen LogP contribution in [0.25, 0.3) is 21.9 Å². The number of phenols is 2. The topological polar surface area (TPSA) is 79.2 Å². The Kier molecular flexibility index (Phi) is 4.49. The summed E-state index contributed by atoms with van der Waals surface area (Å²) in [5.41, 5.74) is 3.71. The summed E-state index contributed by atoms with van der Waals surface area (Å²) in [7, 11) is 5.12. The molecular formula is C23H23NO5. The molecule has 0 saturated heterocycles. The fraction of sp³-hybridized carbons (Fsp3) is 0.261. The number of aromatic hydroxyl groups is 2. The minimum Gasteiger partial charge on any atom is -0.504 e. The van der Waals surface area contributed by atoms with E-state index in [0.29, 0.717) is 17.9 Å². The molecule has 0 aromatic heterocycles. The second kappa shape index (κ2) is 6.88. The van der Waals surface area contributed by atoms with Crippen molar-refractivity contribution in [3.05, 3.63) is 42.0 Å². The SMILES string of the molecule is COc1ccc2c(c1OC)[C@H](CC(C)=O)N(C)c1c-2ccc2cc(O)c(O)cc12. The highest BCUT2D eigenvalue weighted by molar-refractivity contribution is 6.05. The number of anilines is 1. The first-order valence-electron chi connectivity index (χ1n) is 9.33. The first-order valence-corrected chi connectivity index (χ1v) is 9.33. The van der Waals surface area contributed by atoms with Crippen LogP contribution in [0.3, 0.4) is 0 Å². The highest BCUT2D eigenvalue weighted by Crippen LogP contribution is 2.53. The number of carbonyl (C=O) groups is 1. The molecule has 0 saturated carbocycles. The van der Waals surface area contributed by atoms with Gasteiger partial charge in [0, 0.05) is 30.0 Å². The molecule has 0 amide bonds. The lowest BCUT2D eigenvalue weighted by atomic mass is 9.84. The van der Waals surface area contributed by atoms with E-state index in [1.807, 2.05) is 36.2 Å². The van der Waals surface area contributed by atoms with Crippen molar-refractivity contribution in [1.29, 1.82) is 0 Å². The molecule has 0 bridgehead atoms. The second-order valence-electron chi connectivity index (χ2n) is 7.32. The van der Waals surface area contributed by atoms with Crippen molar-refractivity contribution in [2.45, 2.75) is 19.4 Å². The van der Waals surface area contributed by atoms with Crippen molar-refractivity contribution in [1.82, 2.24) is 0 Å². The van der Waals surface area contributed by atoms with Crippen LogP contribution in [-0.2, 0) is 4.79 Å². The summed E-state index contributed by atoms with van der Waals surface area (Å²) in [6, 6.07) is 10.6. The van der Waals surface area contributed by atoms with Crippen LogP contribution in [0.1, 0.15) is 24.9 Å². The molecule has 0 spiro atoms. The number of rotatable bonds is 4. The summed E-state index contributed by atoms with van der Waals surface area (Å²) in [6.07, 6.45) is 0.299. The Bertz CT molecular complexity index is 1140. The lowest BCUT2D eigenvalue weighted by Crippen LogP contribution is -2.30. The Morgan fingerprint density at radius 3 is 2.38 bits per heavy atom. The van der Waals surface area contributed by atoms with Gasteiger partial charge in [0.2, 0.25) is 0 Å². The third-order valence-corrected chi connectivity index (χ3v) is 5.59. The number of methoxy groups -OCH3 is 2. The van der Waals surface area contributed by atoms with Gasteiger partial charge in [-0.25, -0.2) is 0 Å². The van der Waals surface area contributed by atoms with Gasteiger partial charge in [-0.05, 0) is 42.1 Å². The maximum atomic E-state index is 12.1. The maximum Gasteiger partial charge on any atom is 0.166 e. The standard InChI is InChI=1S/C23H23NO5/c1-12(25)9-17-21-14(7-8-20(28-3)23(21)29-4)15-6-5-13-10-18(26)19(27)11-16(13)22(15)24(17)2/h5-8,10-11,17,26-27H,9H2,1-4H3/t17-/m0/s1. The van der Waals surface area contributed by atoms with Crippen molar-refractivity contribution in [2.24, 2.45) is 0 Å². The Hall–Kier alpha value is -3.41. The molecule has 1 aliphatic heterocycles. The van der Waals surface area contributed by atoms with Gasteiger partial charge in [-0.3, -0.25) is 4.79 Å². The zero-order valence-electron chi connectivity index (χ0n) is 16.8. The van der Waals surface area contributed by atoms with Gasteiger partial charge in [0.15, 0.2) is 23.0 Å². The van der Waals surface area contributed by atoms with Crippen LogP contribution in [-0.4, -0.2) is 37.3 Å². The number of carbonyl (C=O) groups excluding carboxylic acids is 1. The molecule has 6 heteroatoms. The van der Waals surface area contributed by atoms with Gasteiger partial charge < -0.3 is 24.6 Å². The summed E-state index contributed by atoms with van der Waals surface area (Å²) in [4.78, 5) is 14.2. The quantitative estimate of drug-likeness (QED) is 0.640. The van der Waals surface area contributed by atoms with E-state index in [4.69, 9.17) is 9.47 Å². The van der Waals surface area contributed by atoms with Crippen molar-refractivity contribution in [3.8, 4) is 34.1 Å². The summed E-state index contributed by atoms with van der Waals surface area (Å²) in [5, 5.41) is 21.6. The molecule has 29 heavy (non-hydrogen) atoms. The number of benzene rings is 3. The van der Waals surface area contributed by atoms with Crippen molar-refractivity contribution >= 4 is 22.2 Å². The van der Waals surface area contributed by atoms with Gasteiger partial charge in [-0.1, -0.05) is 12.1 Å². The molecule has 1 aliphatic rings. The maximum absolute atomic E-state index is 12.1. The van der Waals surface area contributed by atoms with E-state index in [0.717, 1.165) is 33.2 Å². The lowest BCUT2D eigenvalue weighted by Gasteiger charge is -2.39. The van der Waals surface area contributed by atoms with Crippen LogP contribution in [0.4, 0.5) is 5.69 Å². The zero-order chi connectivity index (χ0) is 20.9. The van der Waals surface area contributed by atoms with Crippen molar-refractivity contribution in [3.63, 3.8) is 0 Å². The highest BCUT2D eigenvalue weighted by Gasteiger charge is 2.35. The molecule has 1 atom stereocenters. The predicted octanol–water partition coefficient (Wildman–Crippen LogP) is 4.41. The molecular weight excluding hydrogens is 370 g/mol. The van der Waals surface area contributed by atoms with Crippen LogP contribution in [0.15, 0.2) is 36.4 Å². The number of phenolic OH excluding ortho intramolecular Hbond substituents is 2. The summed E-state index contributed by atoms with van der Waals surface area (Å²) in [6.45, 7) is 1.57. The molecule has 0 fully saturated rings. The molecule has 0 unspecified atom stereocenters. The van der Waals surface area contributed by atoms with Crippen LogP contribution in [0.2, 0.25) is 0 Å². The minimum absolute atomic E-state index is 0.0573. The Balaban J connectivity index is 2.10. The van der Waals surface area contributed by atoms with Crippen molar-refractivity contribution < 1.29 is 24.5 Å². The molecule has 3 aromatic rings. The van der Waals surface area contributed by atoms with Crippen LogP contribution < -0.4 is 14.4 Å². The monoisotopic (exact) mass is 393 g/mol. The van der Waals surface area contributed by atoms with E-state index in [1.54, 1.807) is 33.3 Å². The van der Waals surface area contributed by atoms with Crippen LogP contribution in [0.5, 0.6) is 23.0 Å². The number of Topliss-reactive ketones (excluding diaryl/α,β-unsaturated/α-hetero) is 1. The molecule has 1 heterocycles. The van der Waals surface area contributed by atoms with E-state index in [-0.39, 0.29) is 23.3 Å². The van der Waals surface area contributed by atoms with Crippen LogP contribution >= 0.6 is 0 Å². The lowest BCUT2D eigenvalue weighted by molar-refractivity contribution is -0.117. The molecule has 6 nitrogen and oxygen atoms in total. The van der Waals surface area contributed by atoms with Gasteiger partial charge in [-0.2, -0.15) is 0 Å². The molecule has 150 valence electrons. The number of hydrogen-bond acceptors (Lipinski definition) is 6. The Morgan fingerprint density at radius 2 is 1.72 bits per heavy atom. The number of hydrogen-bond donors (Lipinski definition) is 2. The average Bonchev–Trinajstić information content (AvgIpc) is 2.70. The van der Waals surface area contributed by atoms with E-state index < -0.39 is 0 Å². The van der Waals surface area contributed by atoms with E-state index in [1.165, 1.54) is 0 Å².